The molecule has 1 aromatic carbocycles. The van der Waals surface area contributed by atoms with Gasteiger partial charge in [-0.25, -0.2) is 0 Å². The Morgan fingerprint density at radius 2 is 1.14 bits per heavy atom. The van der Waals surface area contributed by atoms with Crippen molar-refractivity contribution in [2.75, 3.05) is 41.2 Å². The van der Waals surface area contributed by atoms with E-state index in [-0.39, 0.29) is 0 Å². The maximum atomic E-state index is 5.79. The van der Waals surface area contributed by atoms with Crippen LogP contribution in [0.25, 0.3) is 0 Å². The van der Waals surface area contributed by atoms with E-state index in [0.717, 1.165) is 17.7 Å². The standard InChI is InChI=1S/C12H20O3Si.C9H22O3Si/c1-4-13-16(14-5-2,15-6-3)12-10-8-7-9-11-12;1-5-6-7-8-9-13(10-2,11-3)12-4/h7-11H,4-6H2,1-3H3;5-9H2,1-4H3. The summed E-state index contributed by atoms with van der Waals surface area (Å²) >= 11 is 0. The largest absolute Gasteiger partial charge is 0.537 e. The molecule has 0 aliphatic carbocycles. The van der Waals surface area contributed by atoms with Crippen LogP contribution in [0.15, 0.2) is 30.3 Å². The van der Waals surface area contributed by atoms with Gasteiger partial charge in [0.15, 0.2) is 0 Å². The van der Waals surface area contributed by atoms with Crippen molar-refractivity contribution < 1.29 is 26.6 Å². The van der Waals surface area contributed by atoms with Gasteiger partial charge >= 0.3 is 17.6 Å². The minimum Gasteiger partial charge on any atom is -0.377 e. The molecule has 0 spiro atoms. The van der Waals surface area contributed by atoms with Gasteiger partial charge in [0.25, 0.3) is 0 Å². The van der Waals surface area contributed by atoms with Crippen LogP contribution in [0.5, 0.6) is 0 Å². The molecule has 0 heterocycles. The van der Waals surface area contributed by atoms with Gasteiger partial charge < -0.3 is 26.6 Å². The average molecular weight is 447 g/mol. The van der Waals surface area contributed by atoms with Crippen molar-refractivity contribution in [2.45, 2.75) is 59.4 Å². The van der Waals surface area contributed by atoms with E-state index in [1.807, 2.05) is 51.1 Å². The Kier molecular flexibility index (Phi) is 16.8. The molecule has 0 amide bonds. The lowest BCUT2D eigenvalue weighted by atomic mass is 10.2. The summed E-state index contributed by atoms with van der Waals surface area (Å²) in [5.41, 5.74) is 0. The molecule has 0 unspecified atom stereocenters. The van der Waals surface area contributed by atoms with Crippen LogP contribution in [0.3, 0.4) is 0 Å². The quantitative estimate of drug-likeness (QED) is 0.294. The zero-order chi connectivity index (χ0) is 22.0. The number of rotatable bonds is 15. The summed E-state index contributed by atoms with van der Waals surface area (Å²) in [7, 11) is 0.0581. The highest BCUT2D eigenvalue weighted by atomic mass is 28.4. The first kappa shape index (κ1) is 28.4. The monoisotopic (exact) mass is 446 g/mol. The van der Waals surface area contributed by atoms with Crippen LogP contribution in [0.4, 0.5) is 0 Å². The molecular weight excluding hydrogens is 404 g/mol. The van der Waals surface area contributed by atoms with Crippen LogP contribution in [-0.4, -0.2) is 58.8 Å². The zero-order valence-electron chi connectivity index (χ0n) is 19.5. The highest BCUT2D eigenvalue weighted by Crippen LogP contribution is 2.17. The van der Waals surface area contributed by atoms with Gasteiger partial charge in [0.2, 0.25) is 0 Å². The fraction of sp³-hybridized carbons (Fsp3) is 0.714. The highest BCUT2D eigenvalue weighted by Gasteiger charge is 2.42. The van der Waals surface area contributed by atoms with Crippen LogP contribution in [0.2, 0.25) is 6.04 Å². The molecule has 0 radical (unpaired) electrons. The minimum atomic E-state index is -2.67. The molecule has 0 saturated heterocycles. The Bertz CT molecular complexity index is 460. The van der Waals surface area contributed by atoms with Crippen molar-refractivity contribution in [2.24, 2.45) is 0 Å². The third-order valence-corrected chi connectivity index (χ3v) is 10.3. The van der Waals surface area contributed by atoms with Gasteiger partial charge in [0.05, 0.1) is 0 Å². The summed E-state index contributed by atoms with van der Waals surface area (Å²) in [6.45, 7) is 9.88. The average Bonchev–Trinajstić information content (AvgIpc) is 2.76. The van der Waals surface area contributed by atoms with Gasteiger partial charge in [0, 0.05) is 52.4 Å². The Morgan fingerprint density at radius 1 is 0.655 bits per heavy atom. The van der Waals surface area contributed by atoms with E-state index in [2.05, 4.69) is 6.92 Å². The first-order chi connectivity index (χ1) is 14.0. The molecule has 6 nitrogen and oxygen atoms in total. The van der Waals surface area contributed by atoms with E-state index < -0.39 is 17.6 Å². The van der Waals surface area contributed by atoms with Gasteiger partial charge in [0.1, 0.15) is 0 Å². The van der Waals surface area contributed by atoms with Gasteiger partial charge in [-0.2, -0.15) is 0 Å². The van der Waals surface area contributed by atoms with Crippen molar-refractivity contribution in [3.8, 4) is 0 Å². The summed E-state index contributed by atoms with van der Waals surface area (Å²) in [6.07, 6.45) is 4.90. The lowest BCUT2D eigenvalue weighted by Gasteiger charge is -2.28. The summed E-state index contributed by atoms with van der Waals surface area (Å²) in [6, 6.07) is 10.9. The molecule has 0 aromatic heterocycles. The lowest BCUT2D eigenvalue weighted by molar-refractivity contribution is 0.0859. The molecule has 1 rings (SSSR count). The van der Waals surface area contributed by atoms with Crippen LogP contribution >= 0.6 is 0 Å². The SMILES string of the molecule is CCCCCC[Si](OC)(OC)OC.CCO[Si](OCC)(OCC)c1ccccc1. The van der Waals surface area contributed by atoms with E-state index in [1.165, 1.54) is 19.3 Å². The molecule has 0 N–H and O–H groups in total. The second-order valence-corrected chi connectivity index (χ2v) is 12.0. The van der Waals surface area contributed by atoms with Crippen LogP contribution in [-0.2, 0) is 26.6 Å². The van der Waals surface area contributed by atoms with Crippen LogP contribution < -0.4 is 5.19 Å². The van der Waals surface area contributed by atoms with E-state index in [1.54, 1.807) is 21.3 Å². The topological polar surface area (TPSA) is 55.4 Å². The fourth-order valence-corrected chi connectivity index (χ4v) is 7.20. The first-order valence-electron chi connectivity index (χ1n) is 10.7. The number of benzene rings is 1. The van der Waals surface area contributed by atoms with Crippen molar-refractivity contribution in [1.29, 1.82) is 0 Å². The number of hydrogen-bond donors (Lipinski definition) is 0. The van der Waals surface area contributed by atoms with E-state index in [9.17, 15) is 0 Å². The molecule has 0 saturated carbocycles. The lowest BCUT2D eigenvalue weighted by Crippen LogP contribution is -2.56. The van der Waals surface area contributed by atoms with Crippen LogP contribution in [0.1, 0.15) is 53.4 Å². The van der Waals surface area contributed by atoms with Crippen molar-refractivity contribution in [3.05, 3.63) is 30.3 Å². The third-order valence-electron chi connectivity index (χ3n) is 4.40. The Balaban J connectivity index is 0.000000555. The third kappa shape index (κ3) is 10.3. The maximum Gasteiger partial charge on any atom is 0.537 e. The highest BCUT2D eigenvalue weighted by molar-refractivity contribution is 6.75. The minimum absolute atomic E-state index is 0.598. The molecule has 1 aromatic rings. The molecule has 0 aliphatic rings. The van der Waals surface area contributed by atoms with Crippen molar-refractivity contribution in [1.82, 2.24) is 0 Å². The van der Waals surface area contributed by atoms with E-state index in [4.69, 9.17) is 26.6 Å². The molecule has 0 bridgehead atoms. The number of unbranched alkanes of at least 4 members (excludes halogenated alkanes) is 3. The van der Waals surface area contributed by atoms with Gasteiger partial charge in [-0.05, 0) is 27.2 Å². The second kappa shape index (κ2) is 17.1. The maximum absolute atomic E-state index is 5.79. The molecule has 0 atom stereocenters. The summed E-state index contributed by atoms with van der Waals surface area (Å²) in [5, 5.41) is 1.03. The summed E-state index contributed by atoms with van der Waals surface area (Å²) in [4.78, 5) is 0. The molecule has 170 valence electrons. The Labute approximate surface area is 180 Å². The van der Waals surface area contributed by atoms with Crippen molar-refractivity contribution >= 4 is 22.8 Å². The zero-order valence-corrected chi connectivity index (χ0v) is 21.5. The fourth-order valence-electron chi connectivity index (χ4n) is 2.91. The smallest absolute Gasteiger partial charge is 0.377 e. The molecule has 8 heteroatoms. The van der Waals surface area contributed by atoms with Crippen molar-refractivity contribution in [3.63, 3.8) is 0 Å². The molecule has 0 aliphatic heterocycles. The summed E-state index contributed by atoms with van der Waals surface area (Å²) in [5.74, 6) is 0. The van der Waals surface area contributed by atoms with Gasteiger partial charge in [-0.15, -0.1) is 0 Å². The van der Waals surface area contributed by atoms with Crippen LogP contribution in [0, 0.1) is 0 Å². The van der Waals surface area contributed by atoms with E-state index >= 15 is 0 Å². The first-order valence-corrected chi connectivity index (χ1v) is 14.3. The Morgan fingerprint density at radius 3 is 1.52 bits per heavy atom. The summed E-state index contributed by atoms with van der Waals surface area (Å²) < 4.78 is 33.3. The predicted molar refractivity (Wildman–Crippen MR) is 122 cm³/mol. The molecule has 0 fully saturated rings. The van der Waals surface area contributed by atoms with Gasteiger partial charge in [-0.1, -0.05) is 56.5 Å². The number of hydrogen-bond acceptors (Lipinski definition) is 6. The predicted octanol–water partition coefficient (Wildman–Crippen LogP) is 4.39. The molecular formula is C21H42O6Si2. The normalized spacial score (nSPS) is 11.8. The van der Waals surface area contributed by atoms with E-state index in [0.29, 0.717) is 19.8 Å². The Hall–Kier alpha value is -0.586. The molecule has 29 heavy (non-hydrogen) atoms. The second-order valence-electron chi connectivity index (χ2n) is 6.33. The van der Waals surface area contributed by atoms with Gasteiger partial charge in [-0.3, -0.25) is 0 Å².